The van der Waals surface area contributed by atoms with Crippen LogP contribution in [0.4, 0.5) is 11.4 Å². The Balaban J connectivity index is 1.74. The summed E-state index contributed by atoms with van der Waals surface area (Å²) in [6, 6.07) is 9.19. The van der Waals surface area contributed by atoms with Crippen LogP contribution in [0.25, 0.3) is 0 Å². The molecule has 1 fully saturated rings. The Hall–Kier alpha value is -2.74. The summed E-state index contributed by atoms with van der Waals surface area (Å²) in [5, 5.41) is 13.0. The summed E-state index contributed by atoms with van der Waals surface area (Å²) in [7, 11) is -2.53. The first kappa shape index (κ1) is 16.7. The highest BCUT2D eigenvalue weighted by atomic mass is 32.2. The third-order valence-electron chi connectivity index (χ3n) is 5.12. The van der Waals surface area contributed by atoms with Crippen LogP contribution < -0.4 is 14.8 Å². The van der Waals surface area contributed by atoms with E-state index in [0.717, 1.165) is 6.42 Å². The Morgan fingerprint density at radius 1 is 1.23 bits per heavy atom. The van der Waals surface area contributed by atoms with Gasteiger partial charge in [0.15, 0.2) is 0 Å². The number of phenols is 1. The van der Waals surface area contributed by atoms with E-state index in [-0.39, 0.29) is 28.0 Å². The number of nitrogens with one attached hydrogen (secondary N) is 2. The van der Waals surface area contributed by atoms with Crippen LogP contribution in [0.3, 0.4) is 0 Å². The molecule has 2 aromatic carbocycles. The van der Waals surface area contributed by atoms with Crippen LogP contribution in [0.1, 0.15) is 24.8 Å². The number of methoxy groups -OCH3 is 1. The van der Waals surface area contributed by atoms with Crippen molar-refractivity contribution in [2.75, 3.05) is 17.1 Å². The zero-order valence-corrected chi connectivity index (χ0v) is 14.9. The monoisotopic (exact) mass is 374 g/mol. The van der Waals surface area contributed by atoms with Crippen molar-refractivity contribution in [3.8, 4) is 11.5 Å². The third-order valence-corrected chi connectivity index (χ3v) is 6.54. The van der Waals surface area contributed by atoms with Crippen molar-refractivity contribution in [3.05, 3.63) is 42.0 Å². The zero-order valence-electron chi connectivity index (χ0n) is 14.1. The van der Waals surface area contributed by atoms with E-state index >= 15 is 0 Å². The maximum atomic E-state index is 12.7. The molecule has 3 N–H and O–H groups in total. The lowest BCUT2D eigenvalue weighted by Gasteiger charge is -2.36. The summed E-state index contributed by atoms with van der Waals surface area (Å²) in [5.41, 5.74) is 0.565. The van der Waals surface area contributed by atoms with Gasteiger partial charge in [-0.1, -0.05) is 18.6 Å². The highest BCUT2D eigenvalue weighted by molar-refractivity contribution is 7.92. The maximum Gasteiger partial charge on any atom is 0.265 e. The smallest absolute Gasteiger partial charge is 0.265 e. The molecule has 0 bridgehead atoms. The number of anilines is 2. The molecule has 8 heteroatoms. The second-order valence-corrected chi connectivity index (χ2v) is 8.21. The molecule has 2 aliphatic rings. The number of rotatable bonds is 4. The van der Waals surface area contributed by atoms with Crippen molar-refractivity contribution in [1.29, 1.82) is 0 Å². The average Bonchev–Trinajstić information content (AvgIpc) is 2.87. The van der Waals surface area contributed by atoms with Crippen LogP contribution in [0.15, 0.2) is 41.3 Å². The normalized spacial score (nSPS) is 17.3. The molecular weight excluding hydrogens is 356 g/mol. The molecule has 0 atom stereocenters. The van der Waals surface area contributed by atoms with E-state index in [1.165, 1.54) is 19.2 Å². The topological polar surface area (TPSA) is 105 Å². The average molecular weight is 374 g/mol. The number of para-hydroxylation sites is 1. The second-order valence-electron chi connectivity index (χ2n) is 6.56. The molecule has 0 aromatic heterocycles. The highest BCUT2D eigenvalue weighted by Crippen LogP contribution is 2.54. The lowest BCUT2D eigenvalue weighted by molar-refractivity contribution is -0.123. The molecule has 4 rings (SSSR count). The highest BCUT2D eigenvalue weighted by Gasteiger charge is 2.52. The van der Waals surface area contributed by atoms with Gasteiger partial charge in [0, 0.05) is 6.07 Å². The van der Waals surface area contributed by atoms with Crippen LogP contribution in [0.5, 0.6) is 11.5 Å². The minimum atomic E-state index is -3.92. The molecule has 0 saturated heterocycles. The van der Waals surface area contributed by atoms with Crippen molar-refractivity contribution in [2.24, 2.45) is 0 Å². The molecule has 1 amide bonds. The van der Waals surface area contributed by atoms with E-state index in [1.807, 2.05) is 0 Å². The molecule has 2 aromatic rings. The maximum absolute atomic E-state index is 12.7. The Morgan fingerprint density at radius 2 is 1.96 bits per heavy atom. The van der Waals surface area contributed by atoms with E-state index in [0.29, 0.717) is 24.1 Å². The molecule has 0 unspecified atom stereocenters. The number of ether oxygens (including phenoxy) is 1. The second kappa shape index (κ2) is 5.63. The Bertz CT molecular complexity index is 1010. The Morgan fingerprint density at radius 3 is 2.62 bits per heavy atom. The van der Waals surface area contributed by atoms with Crippen molar-refractivity contribution in [3.63, 3.8) is 0 Å². The van der Waals surface area contributed by atoms with Gasteiger partial charge in [0.2, 0.25) is 5.91 Å². The molecule has 1 aliphatic heterocycles. The summed E-state index contributed by atoms with van der Waals surface area (Å²) in [6.45, 7) is 0. The number of phenolic OH excluding ortho intramolecular Hbond substituents is 1. The minimum Gasteiger partial charge on any atom is -0.506 e. The van der Waals surface area contributed by atoms with Crippen LogP contribution in [-0.2, 0) is 20.2 Å². The fraction of sp³-hybridized carbons (Fsp3) is 0.278. The molecule has 0 radical (unpaired) electrons. The van der Waals surface area contributed by atoms with Gasteiger partial charge in [-0.2, -0.15) is 0 Å². The molecule has 7 nitrogen and oxygen atoms in total. The Labute approximate surface area is 151 Å². The molecule has 1 saturated carbocycles. The molecule has 26 heavy (non-hydrogen) atoms. The van der Waals surface area contributed by atoms with Gasteiger partial charge in [0.25, 0.3) is 10.0 Å². The predicted octanol–water partition coefficient (Wildman–Crippen LogP) is 2.58. The van der Waals surface area contributed by atoms with Crippen molar-refractivity contribution in [2.45, 2.75) is 29.6 Å². The van der Waals surface area contributed by atoms with Crippen LogP contribution >= 0.6 is 0 Å². The third kappa shape index (κ3) is 2.33. The molecule has 1 heterocycles. The predicted molar refractivity (Wildman–Crippen MR) is 96.1 cm³/mol. The van der Waals surface area contributed by atoms with Crippen LogP contribution in [0.2, 0.25) is 0 Å². The fourth-order valence-corrected chi connectivity index (χ4v) is 4.84. The van der Waals surface area contributed by atoms with Gasteiger partial charge in [-0.3, -0.25) is 9.52 Å². The Kier molecular flexibility index (Phi) is 3.62. The van der Waals surface area contributed by atoms with Crippen molar-refractivity contribution in [1.82, 2.24) is 0 Å². The molecule has 1 spiro atoms. The first-order valence-electron chi connectivity index (χ1n) is 8.22. The van der Waals surface area contributed by atoms with Gasteiger partial charge in [-0.15, -0.1) is 0 Å². The summed E-state index contributed by atoms with van der Waals surface area (Å²) in [5.74, 6) is -0.0752. The standard InChI is InChI=1S/C18H18N2O5S/c1-25-14-5-2-3-6-15(14)26(23,24)20-11-9-12-16(13(21)10-11)19-17(22)18(12)7-4-8-18/h2-3,5-6,9-10,20-21H,4,7-8H2,1H3,(H,19,22). The number of carbonyl (C=O) groups is 1. The van der Waals surface area contributed by atoms with E-state index in [4.69, 9.17) is 4.74 Å². The quantitative estimate of drug-likeness (QED) is 0.714. The van der Waals surface area contributed by atoms with Crippen LogP contribution in [-0.4, -0.2) is 26.5 Å². The van der Waals surface area contributed by atoms with Gasteiger partial charge >= 0.3 is 0 Å². The SMILES string of the molecule is COc1ccccc1S(=O)(=O)Nc1cc(O)c2c(c1)C1(CCC1)C(=O)N2. The lowest BCUT2D eigenvalue weighted by Crippen LogP contribution is -2.40. The first-order chi connectivity index (χ1) is 12.4. The van der Waals surface area contributed by atoms with Gasteiger partial charge in [-0.25, -0.2) is 8.42 Å². The van der Waals surface area contributed by atoms with Crippen molar-refractivity contribution >= 4 is 27.3 Å². The lowest BCUT2D eigenvalue weighted by atomic mass is 9.65. The number of hydrogen-bond donors (Lipinski definition) is 3. The number of amides is 1. The van der Waals surface area contributed by atoms with Crippen LogP contribution in [0, 0.1) is 0 Å². The zero-order chi connectivity index (χ0) is 18.5. The van der Waals surface area contributed by atoms with E-state index < -0.39 is 15.4 Å². The summed E-state index contributed by atoms with van der Waals surface area (Å²) < 4.78 is 33.1. The summed E-state index contributed by atoms with van der Waals surface area (Å²) in [4.78, 5) is 12.3. The summed E-state index contributed by atoms with van der Waals surface area (Å²) >= 11 is 0. The van der Waals surface area contributed by atoms with Gasteiger partial charge in [0.05, 0.1) is 23.9 Å². The number of benzene rings is 2. The minimum absolute atomic E-state index is 0.00459. The first-order valence-corrected chi connectivity index (χ1v) is 9.70. The summed E-state index contributed by atoms with van der Waals surface area (Å²) in [6.07, 6.45) is 2.30. The fourth-order valence-electron chi connectivity index (χ4n) is 3.63. The van der Waals surface area contributed by atoms with E-state index in [9.17, 15) is 18.3 Å². The number of fused-ring (bicyclic) bond motifs is 2. The number of sulfonamides is 1. The van der Waals surface area contributed by atoms with Gasteiger partial charge < -0.3 is 15.2 Å². The van der Waals surface area contributed by atoms with E-state index in [2.05, 4.69) is 10.0 Å². The molecule has 136 valence electrons. The molecular formula is C18H18N2O5S. The van der Waals surface area contributed by atoms with Crippen molar-refractivity contribution < 1.29 is 23.1 Å². The number of aromatic hydroxyl groups is 1. The van der Waals surface area contributed by atoms with Gasteiger partial charge in [-0.05, 0) is 36.6 Å². The number of carbonyl (C=O) groups excluding carboxylic acids is 1. The molecule has 1 aliphatic carbocycles. The van der Waals surface area contributed by atoms with E-state index in [1.54, 1.807) is 24.3 Å². The number of hydrogen-bond acceptors (Lipinski definition) is 5. The largest absolute Gasteiger partial charge is 0.506 e. The van der Waals surface area contributed by atoms with Gasteiger partial charge in [0.1, 0.15) is 16.4 Å².